The van der Waals surface area contributed by atoms with Gasteiger partial charge in [0.05, 0.1) is 10.2 Å². The SMILES string of the molecule is CCCCCCCSC1=NN2C(=c3ccccc3=NC2c2ccc(C)s2)C(=O)N1. The van der Waals surface area contributed by atoms with Crippen LogP contribution in [0.5, 0.6) is 0 Å². The quantitative estimate of drug-likeness (QED) is 0.683. The van der Waals surface area contributed by atoms with Gasteiger partial charge in [-0.3, -0.25) is 15.1 Å². The van der Waals surface area contributed by atoms with E-state index in [9.17, 15) is 4.79 Å². The van der Waals surface area contributed by atoms with E-state index in [-0.39, 0.29) is 12.1 Å². The molecule has 2 aliphatic rings. The van der Waals surface area contributed by atoms with E-state index < -0.39 is 0 Å². The average Bonchev–Trinajstić information content (AvgIpc) is 3.16. The molecule has 1 atom stereocenters. The lowest BCUT2D eigenvalue weighted by Gasteiger charge is -2.33. The number of hydrogen-bond donors (Lipinski definition) is 1. The number of amidine groups is 1. The van der Waals surface area contributed by atoms with Crippen LogP contribution in [-0.2, 0) is 4.79 Å². The largest absolute Gasteiger partial charge is 0.298 e. The number of nitrogens with one attached hydrogen (secondary N) is 1. The highest BCUT2D eigenvalue weighted by atomic mass is 32.2. The Labute approximate surface area is 179 Å². The second-order valence-corrected chi connectivity index (χ2v) is 9.69. The van der Waals surface area contributed by atoms with Gasteiger partial charge >= 0.3 is 0 Å². The number of aryl methyl sites for hydroxylation is 1. The first-order chi connectivity index (χ1) is 14.2. The number of unbranched alkanes of at least 4 members (excludes halogenated alkanes) is 4. The van der Waals surface area contributed by atoms with Gasteiger partial charge in [0, 0.05) is 15.8 Å². The molecule has 2 aliphatic heterocycles. The Morgan fingerprint density at radius 3 is 2.76 bits per heavy atom. The van der Waals surface area contributed by atoms with E-state index in [4.69, 9.17) is 10.1 Å². The second-order valence-electron chi connectivity index (χ2n) is 7.28. The highest BCUT2D eigenvalue weighted by Gasteiger charge is 2.34. The van der Waals surface area contributed by atoms with Crippen LogP contribution in [0.1, 0.15) is 54.9 Å². The second kappa shape index (κ2) is 9.13. The molecule has 0 spiro atoms. The minimum atomic E-state index is -0.301. The lowest BCUT2D eigenvalue weighted by Crippen LogP contribution is -2.50. The smallest absolute Gasteiger partial charge is 0.276 e. The standard InChI is InChI=1S/C22H26N4OS2/c1-3-4-5-6-9-14-28-22-24-21(27)19-16-10-7-8-11-17(16)23-20(26(19)25-22)18-13-12-15(2)29-18/h7-8,10-13,20H,3-6,9,14H2,1-2H3,(H,24,25,27). The summed E-state index contributed by atoms with van der Waals surface area (Å²) in [6.45, 7) is 4.31. The average molecular weight is 427 g/mol. The molecule has 1 unspecified atom stereocenters. The zero-order valence-electron chi connectivity index (χ0n) is 16.9. The summed E-state index contributed by atoms with van der Waals surface area (Å²) in [4.78, 5) is 20.3. The zero-order valence-corrected chi connectivity index (χ0v) is 18.5. The molecule has 1 amide bonds. The van der Waals surface area contributed by atoms with Gasteiger partial charge in [-0.05, 0) is 31.5 Å². The Morgan fingerprint density at radius 2 is 1.97 bits per heavy atom. The first-order valence-electron chi connectivity index (χ1n) is 10.2. The van der Waals surface area contributed by atoms with Crippen molar-refractivity contribution >= 4 is 39.9 Å². The molecule has 1 aromatic heterocycles. The summed E-state index contributed by atoms with van der Waals surface area (Å²) in [5, 5.41) is 12.0. The minimum absolute atomic E-state index is 0.103. The van der Waals surface area contributed by atoms with Gasteiger partial charge in [-0.1, -0.05) is 62.6 Å². The third kappa shape index (κ3) is 4.41. The molecular weight excluding hydrogens is 400 g/mol. The highest BCUT2D eigenvalue weighted by Crippen LogP contribution is 2.34. The van der Waals surface area contributed by atoms with Crippen LogP contribution < -0.4 is 15.9 Å². The van der Waals surface area contributed by atoms with Crippen LogP contribution in [-0.4, -0.2) is 21.8 Å². The Hall–Kier alpha value is -2.12. The van der Waals surface area contributed by atoms with Crippen molar-refractivity contribution in [1.82, 2.24) is 10.3 Å². The van der Waals surface area contributed by atoms with E-state index >= 15 is 0 Å². The molecule has 0 bridgehead atoms. The van der Waals surface area contributed by atoms with E-state index in [0.717, 1.165) is 27.6 Å². The van der Waals surface area contributed by atoms with Crippen molar-refractivity contribution < 1.29 is 4.79 Å². The Bertz CT molecular complexity index is 1040. The van der Waals surface area contributed by atoms with Crippen molar-refractivity contribution in [2.24, 2.45) is 10.1 Å². The van der Waals surface area contributed by atoms with Crippen molar-refractivity contribution in [1.29, 1.82) is 0 Å². The highest BCUT2D eigenvalue weighted by molar-refractivity contribution is 8.13. The molecule has 1 N–H and O–H groups in total. The van der Waals surface area contributed by atoms with Gasteiger partial charge in [0.25, 0.3) is 5.91 Å². The monoisotopic (exact) mass is 426 g/mol. The number of rotatable bonds is 7. The van der Waals surface area contributed by atoms with E-state index in [1.165, 1.54) is 30.6 Å². The Morgan fingerprint density at radius 1 is 1.14 bits per heavy atom. The summed E-state index contributed by atoms with van der Waals surface area (Å²) in [6, 6.07) is 12.0. The van der Waals surface area contributed by atoms with Crippen LogP contribution in [0.3, 0.4) is 0 Å². The fraction of sp³-hybridized carbons (Fsp3) is 0.409. The predicted octanol–water partition coefficient (Wildman–Crippen LogP) is 3.90. The first-order valence-corrected chi connectivity index (χ1v) is 12.0. The number of carbonyl (C=O) groups excluding carboxylic acids is 1. The molecule has 1 aromatic carbocycles. The molecule has 0 fully saturated rings. The first kappa shape index (κ1) is 20.2. The van der Waals surface area contributed by atoms with Crippen LogP contribution in [0.15, 0.2) is 46.5 Å². The van der Waals surface area contributed by atoms with E-state index in [0.29, 0.717) is 10.9 Å². The van der Waals surface area contributed by atoms with Crippen molar-refractivity contribution in [2.45, 2.75) is 52.1 Å². The number of carbonyl (C=O) groups is 1. The third-order valence-electron chi connectivity index (χ3n) is 5.02. The van der Waals surface area contributed by atoms with Gasteiger partial charge in [0.1, 0.15) is 5.70 Å². The molecule has 0 saturated carbocycles. The van der Waals surface area contributed by atoms with Crippen molar-refractivity contribution in [3.63, 3.8) is 0 Å². The maximum atomic E-state index is 13.0. The van der Waals surface area contributed by atoms with Gasteiger partial charge in [-0.25, -0.2) is 5.01 Å². The number of hydrazone groups is 1. The number of hydrogen-bond acceptors (Lipinski definition) is 6. The number of amides is 1. The number of thioether (sulfide) groups is 1. The van der Waals surface area contributed by atoms with Gasteiger partial charge in [-0.15, -0.1) is 16.4 Å². The molecule has 4 rings (SSSR count). The minimum Gasteiger partial charge on any atom is -0.298 e. The van der Waals surface area contributed by atoms with Crippen LogP contribution in [0.2, 0.25) is 0 Å². The number of benzene rings is 1. The normalized spacial score (nSPS) is 17.9. The van der Waals surface area contributed by atoms with Crippen LogP contribution in [0, 0.1) is 6.92 Å². The number of fused-ring (bicyclic) bond motifs is 2. The lowest BCUT2D eigenvalue weighted by atomic mass is 10.1. The summed E-state index contributed by atoms with van der Waals surface area (Å²) in [6.07, 6.45) is 5.87. The molecule has 3 heterocycles. The predicted molar refractivity (Wildman–Crippen MR) is 121 cm³/mol. The Kier molecular flexibility index (Phi) is 6.35. The molecule has 7 heteroatoms. The molecule has 0 aliphatic carbocycles. The summed E-state index contributed by atoms with van der Waals surface area (Å²) < 4.78 is 0. The number of thiophene rings is 1. The molecule has 0 saturated heterocycles. The lowest BCUT2D eigenvalue weighted by molar-refractivity contribution is -0.116. The van der Waals surface area contributed by atoms with Crippen molar-refractivity contribution in [2.75, 3.05) is 5.75 Å². The van der Waals surface area contributed by atoms with Gasteiger partial charge in [0.2, 0.25) is 0 Å². The fourth-order valence-corrected chi connectivity index (χ4v) is 5.30. The van der Waals surface area contributed by atoms with E-state index in [1.807, 2.05) is 29.3 Å². The van der Waals surface area contributed by atoms with Gasteiger partial charge in [-0.2, -0.15) is 0 Å². The maximum Gasteiger partial charge on any atom is 0.276 e. The van der Waals surface area contributed by atoms with Crippen molar-refractivity contribution in [3.05, 3.63) is 56.7 Å². The van der Waals surface area contributed by atoms with Crippen LogP contribution >= 0.6 is 23.1 Å². The van der Waals surface area contributed by atoms with E-state index in [1.54, 1.807) is 23.1 Å². The molecule has 152 valence electrons. The topological polar surface area (TPSA) is 57.1 Å². The van der Waals surface area contributed by atoms with Crippen LogP contribution in [0.25, 0.3) is 5.70 Å². The molecule has 2 aromatic rings. The summed E-state index contributed by atoms with van der Waals surface area (Å²) >= 11 is 3.32. The number of nitrogens with zero attached hydrogens (tertiary/aromatic N) is 3. The molecule has 5 nitrogen and oxygen atoms in total. The Balaban J connectivity index is 1.62. The summed E-state index contributed by atoms with van der Waals surface area (Å²) in [7, 11) is 0. The van der Waals surface area contributed by atoms with Crippen molar-refractivity contribution in [3.8, 4) is 0 Å². The number of para-hydroxylation sites is 1. The third-order valence-corrected chi connectivity index (χ3v) is 7.01. The molecule has 0 radical (unpaired) electrons. The van der Waals surface area contributed by atoms with Crippen LogP contribution in [0.4, 0.5) is 0 Å². The summed E-state index contributed by atoms with van der Waals surface area (Å²) in [5.74, 6) is 0.858. The molecule has 29 heavy (non-hydrogen) atoms. The maximum absolute atomic E-state index is 13.0. The molecular formula is C22H26N4OS2. The van der Waals surface area contributed by atoms with E-state index in [2.05, 4.69) is 31.3 Å². The van der Waals surface area contributed by atoms with Gasteiger partial charge < -0.3 is 0 Å². The summed E-state index contributed by atoms with van der Waals surface area (Å²) in [5.41, 5.74) is 0.582. The zero-order chi connectivity index (χ0) is 20.2. The fourth-order valence-electron chi connectivity index (χ4n) is 3.54. The van der Waals surface area contributed by atoms with Gasteiger partial charge in [0.15, 0.2) is 11.3 Å².